The molecule has 4 heteroatoms. The van der Waals surface area contributed by atoms with Crippen LogP contribution in [0, 0.1) is 25.2 Å². The molecule has 20 heavy (non-hydrogen) atoms. The van der Waals surface area contributed by atoms with Crippen LogP contribution < -0.4 is 4.74 Å². The lowest BCUT2D eigenvalue weighted by Crippen LogP contribution is -1.99. The fourth-order valence-electron chi connectivity index (χ4n) is 1.83. The van der Waals surface area contributed by atoms with Crippen molar-refractivity contribution in [2.75, 3.05) is 0 Å². The number of benzene rings is 2. The number of nitrogens with zero attached hydrogens (tertiary/aromatic N) is 1. The minimum Gasteiger partial charge on any atom is -0.478 e. The standard InChI is InChI=1S/C16H13NO3/c1-10-6-7-12(16(18)19)8-14(10)20-15-11(2)4-3-5-13(15)9-17/h3-8H,1-2H3,(H,18,19). The summed E-state index contributed by atoms with van der Waals surface area (Å²) in [6, 6.07) is 12.0. The van der Waals surface area contributed by atoms with Gasteiger partial charge >= 0.3 is 5.97 Å². The summed E-state index contributed by atoms with van der Waals surface area (Å²) in [5, 5.41) is 18.1. The van der Waals surface area contributed by atoms with Gasteiger partial charge in [-0.05, 0) is 43.2 Å². The number of carbonyl (C=O) groups is 1. The van der Waals surface area contributed by atoms with Crippen molar-refractivity contribution in [3.63, 3.8) is 0 Å². The van der Waals surface area contributed by atoms with Crippen molar-refractivity contribution in [1.82, 2.24) is 0 Å². The van der Waals surface area contributed by atoms with Crippen LogP contribution in [0.3, 0.4) is 0 Å². The van der Waals surface area contributed by atoms with E-state index in [0.29, 0.717) is 17.1 Å². The summed E-state index contributed by atoms with van der Waals surface area (Å²) in [5.41, 5.74) is 2.20. The van der Waals surface area contributed by atoms with Crippen LogP contribution in [-0.2, 0) is 0 Å². The second kappa shape index (κ2) is 5.45. The molecule has 1 N–H and O–H groups in total. The molecule has 4 nitrogen and oxygen atoms in total. The third-order valence-corrected chi connectivity index (χ3v) is 2.98. The zero-order chi connectivity index (χ0) is 14.7. The Morgan fingerprint density at radius 2 is 1.95 bits per heavy atom. The number of ether oxygens (including phenoxy) is 1. The van der Waals surface area contributed by atoms with Crippen LogP contribution in [0.25, 0.3) is 0 Å². The quantitative estimate of drug-likeness (QED) is 0.921. The van der Waals surface area contributed by atoms with Crippen LogP contribution in [0.1, 0.15) is 27.0 Å². The van der Waals surface area contributed by atoms with Crippen molar-refractivity contribution < 1.29 is 14.6 Å². The summed E-state index contributed by atoms with van der Waals surface area (Å²) in [6.45, 7) is 3.66. The number of aromatic carboxylic acids is 1. The fraction of sp³-hybridized carbons (Fsp3) is 0.125. The van der Waals surface area contributed by atoms with Crippen LogP contribution in [-0.4, -0.2) is 11.1 Å². The molecule has 0 bridgehead atoms. The molecule has 0 aliphatic rings. The van der Waals surface area contributed by atoms with Crippen molar-refractivity contribution in [1.29, 1.82) is 5.26 Å². The molecule has 0 heterocycles. The summed E-state index contributed by atoms with van der Waals surface area (Å²) in [7, 11) is 0. The molecule has 0 saturated heterocycles. The minimum absolute atomic E-state index is 0.151. The van der Waals surface area contributed by atoms with E-state index in [1.54, 1.807) is 18.2 Å². The zero-order valence-corrected chi connectivity index (χ0v) is 11.2. The molecule has 0 radical (unpaired) electrons. The Kier molecular flexibility index (Phi) is 3.72. The Hall–Kier alpha value is -2.80. The normalized spacial score (nSPS) is 9.85. The first-order valence-corrected chi connectivity index (χ1v) is 6.04. The van der Waals surface area contributed by atoms with Crippen molar-refractivity contribution >= 4 is 5.97 Å². The van der Waals surface area contributed by atoms with Gasteiger partial charge in [-0.1, -0.05) is 18.2 Å². The van der Waals surface area contributed by atoms with Gasteiger partial charge in [-0.2, -0.15) is 5.26 Å². The van der Waals surface area contributed by atoms with Gasteiger partial charge in [0.15, 0.2) is 0 Å². The molecule has 0 atom stereocenters. The van der Waals surface area contributed by atoms with E-state index in [0.717, 1.165) is 11.1 Å². The van der Waals surface area contributed by atoms with Crippen LogP contribution in [0.5, 0.6) is 11.5 Å². The number of hydrogen-bond acceptors (Lipinski definition) is 3. The highest BCUT2D eigenvalue weighted by Gasteiger charge is 2.12. The number of rotatable bonds is 3. The second-order valence-corrected chi connectivity index (χ2v) is 4.45. The van der Waals surface area contributed by atoms with E-state index in [1.807, 2.05) is 19.9 Å². The van der Waals surface area contributed by atoms with E-state index in [4.69, 9.17) is 15.1 Å². The lowest BCUT2D eigenvalue weighted by atomic mass is 10.1. The van der Waals surface area contributed by atoms with Crippen LogP contribution in [0.4, 0.5) is 0 Å². The predicted octanol–water partition coefficient (Wildman–Crippen LogP) is 3.67. The summed E-state index contributed by atoms with van der Waals surface area (Å²) in [5.74, 6) is -0.114. The average molecular weight is 267 g/mol. The first-order valence-electron chi connectivity index (χ1n) is 6.04. The molecular weight excluding hydrogens is 254 g/mol. The van der Waals surface area contributed by atoms with Gasteiger partial charge < -0.3 is 9.84 Å². The number of para-hydroxylation sites is 1. The van der Waals surface area contributed by atoms with Crippen molar-refractivity contribution in [2.45, 2.75) is 13.8 Å². The molecule has 0 aliphatic heterocycles. The number of nitriles is 1. The van der Waals surface area contributed by atoms with E-state index < -0.39 is 5.97 Å². The van der Waals surface area contributed by atoms with E-state index in [1.165, 1.54) is 12.1 Å². The highest BCUT2D eigenvalue weighted by molar-refractivity contribution is 5.88. The predicted molar refractivity (Wildman–Crippen MR) is 74.1 cm³/mol. The van der Waals surface area contributed by atoms with Gasteiger partial charge in [0.1, 0.15) is 17.6 Å². The monoisotopic (exact) mass is 267 g/mol. The van der Waals surface area contributed by atoms with E-state index in [-0.39, 0.29) is 5.56 Å². The lowest BCUT2D eigenvalue weighted by Gasteiger charge is -2.12. The maximum absolute atomic E-state index is 11.0. The summed E-state index contributed by atoms with van der Waals surface area (Å²) in [6.07, 6.45) is 0. The highest BCUT2D eigenvalue weighted by Crippen LogP contribution is 2.31. The largest absolute Gasteiger partial charge is 0.478 e. The molecule has 0 unspecified atom stereocenters. The Labute approximate surface area is 116 Å². The Morgan fingerprint density at radius 3 is 2.60 bits per heavy atom. The van der Waals surface area contributed by atoms with E-state index >= 15 is 0 Å². The van der Waals surface area contributed by atoms with Gasteiger partial charge in [-0.15, -0.1) is 0 Å². The van der Waals surface area contributed by atoms with Gasteiger partial charge in [-0.3, -0.25) is 0 Å². The Morgan fingerprint density at radius 1 is 1.20 bits per heavy atom. The minimum atomic E-state index is -1.01. The van der Waals surface area contributed by atoms with Crippen molar-refractivity contribution in [3.8, 4) is 17.6 Å². The van der Waals surface area contributed by atoms with Crippen molar-refractivity contribution in [3.05, 3.63) is 58.7 Å². The average Bonchev–Trinajstić information content (AvgIpc) is 2.42. The SMILES string of the molecule is Cc1ccc(C(=O)O)cc1Oc1c(C)cccc1C#N. The van der Waals surface area contributed by atoms with Gasteiger partial charge in [0.05, 0.1) is 11.1 Å². The smallest absolute Gasteiger partial charge is 0.335 e. The first-order chi connectivity index (χ1) is 9.52. The molecule has 0 saturated carbocycles. The second-order valence-electron chi connectivity index (χ2n) is 4.45. The lowest BCUT2D eigenvalue weighted by molar-refractivity contribution is 0.0696. The molecular formula is C16H13NO3. The molecule has 0 spiro atoms. The third kappa shape index (κ3) is 2.62. The molecule has 100 valence electrons. The zero-order valence-electron chi connectivity index (χ0n) is 11.2. The third-order valence-electron chi connectivity index (χ3n) is 2.98. The fourth-order valence-corrected chi connectivity index (χ4v) is 1.83. The first kappa shape index (κ1) is 13.6. The van der Waals surface area contributed by atoms with Crippen LogP contribution in [0.2, 0.25) is 0 Å². The Bertz CT molecular complexity index is 714. The number of aryl methyl sites for hydroxylation is 2. The molecule has 0 amide bonds. The van der Waals surface area contributed by atoms with Gasteiger partial charge in [-0.25, -0.2) is 4.79 Å². The van der Waals surface area contributed by atoms with E-state index in [9.17, 15) is 4.79 Å². The summed E-state index contributed by atoms with van der Waals surface area (Å²) in [4.78, 5) is 11.0. The van der Waals surface area contributed by atoms with E-state index in [2.05, 4.69) is 6.07 Å². The topological polar surface area (TPSA) is 70.3 Å². The Balaban J connectivity index is 2.48. The van der Waals surface area contributed by atoms with Gasteiger partial charge in [0.2, 0.25) is 0 Å². The summed E-state index contributed by atoms with van der Waals surface area (Å²) >= 11 is 0. The molecule has 0 aromatic heterocycles. The van der Waals surface area contributed by atoms with Crippen molar-refractivity contribution in [2.24, 2.45) is 0 Å². The molecule has 2 aromatic carbocycles. The van der Waals surface area contributed by atoms with Gasteiger partial charge in [0, 0.05) is 0 Å². The molecule has 2 aromatic rings. The summed E-state index contributed by atoms with van der Waals surface area (Å²) < 4.78 is 5.77. The van der Waals surface area contributed by atoms with Gasteiger partial charge in [0.25, 0.3) is 0 Å². The number of hydrogen-bond donors (Lipinski definition) is 1. The highest BCUT2D eigenvalue weighted by atomic mass is 16.5. The maximum Gasteiger partial charge on any atom is 0.335 e. The van der Waals surface area contributed by atoms with Crippen LogP contribution >= 0.6 is 0 Å². The molecule has 0 aliphatic carbocycles. The molecule has 0 fully saturated rings. The number of carboxylic acids is 1. The maximum atomic E-state index is 11.0. The molecule has 2 rings (SSSR count). The number of carboxylic acid groups (broad SMARTS) is 1. The van der Waals surface area contributed by atoms with Crippen LogP contribution in [0.15, 0.2) is 36.4 Å².